The average Bonchev–Trinajstić information content (AvgIpc) is 2.20. The van der Waals surface area contributed by atoms with Crippen LogP contribution < -0.4 is 0 Å². The minimum absolute atomic E-state index is 0.120. The number of alkyl halides is 1. The summed E-state index contributed by atoms with van der Waals surface area (Å²) in [6, 6.07) is 10.2. The molecule has 0 aromatic heterocycles. The Labute approximate surface area is 86.0 Å². The Bertz CT molecular complexity index is 263. The predicted octanol–water partition coefficient (Wildman–Crippen LogP) is 2.50. The maximum absolute atomic E-state index is 5.51. The topological polar surface area (TPSA) is 18.5 Å². The van der Waals surface area contributed by atoms with Crippen molar-refractivity contribution in [2.24, 2.45) is 0 Å². The summed E-state index contributed by atoms with van der Waals surface area (Å²) in [5.74, 6) is 0. The lowest BCUT2D eigenvalue weighted by molar-refractivity contribution is -0.135. The van der Waals surface area contributed by atoms with Crippen LogP contribution in [0.15, 0.2) is 30.3 Å². The lowest BCUT2D eigenvalue weighted by atomic mass is 10.1. The largest absolute Gasteiger partial charge is 0.354 e. The Morgan fingerprint density at radius 3 is 2.69 bits per heavy atom. The predicted molar refractivity (Wildman–Crippen MR) is 53.8 cm³/mol. The molecule has 0 spiro atoms. The Kier molecular flexibility index (Phi) is 2.98. The molecule has 2 atom stereocenters. The zero-order chi connectivity index (χ0) is 9.10. The molecule has 1 fully saturated rings. The first kappa shape index (κ1) is 9.19. The van der Waals surface area contributed by atoms with Crippen LogP contribution in [0.25, 0.3) is 0 Å². The van der Waals surface area contributed by atoms with Gasteiger partial charge in [-0.1, -0.05) is 46.3 Å². The van der Waals surface area contributed by atoms with Crippen molar-refractivity contribution in [3.8, 4) is 0 Å². The molecule has 70 valence electrons. The molecular weight excluding hydrogens is 232 g/mol. The third kappa shape index (κ3) is 2.10. The lowest BCUT2D eigenvalue weighted by Crippen LogP contribution is -2.28. The van der Waals surface area contributed by atoms with E-state index in [4.69, 9.17) is 9.47 Å². The van der Waals surface area contributed by atoms with Gasteiger partial charge in [0.2, 0.25) is 0 Å². The molecule has 0 unspecified atom stereocenters. The van der Waals surface area contributed by atoms with Gasteiger partial charge in [-0.15, -0.1) is 0 Å². The smallest absolute Gasteiger partial charge is 0.147 e. The molecule has 0 amide bonds. The molecule has 0 bridgehead atoms. The van der Waals surface area contributed by atoms with E-state index < -0.39 is 0 Å². The molecule has 2 rings (SSSR count). The zero-order valence-electron chi connectivity index (χ0n) is 7.15. The fourth-order valence-electron chi connectivity index (χ4n) is 1.42. The van der Waals surface area contributed by atoms with Crippen LogP contribution in [0.1, 0.15) is 11.7 Å². The Morgan fingerprint density at radius 2 is 2.00 bits per heavy atom. The highest BCUT2D eigenvalue weighted by Crippen LogP contribution is 2.29. The van der Waals surface area contributed by atoms with E-state index in [1.165, 1.54) is 5.56 Å². The van der Waals surface area contributed by atoms with E-state index in [2.05, 4.69) is 28.1 Å². The highest BCUT2D eigenvalue weighted by Gasteiger charge is 2.25. The van der Waals surface area contributed by atoms with Crippen LogP contribution in [0.4, 0.5) is 0 Å². The Morgan fingerprint density at radius 1 is 1.23 bits per heavy atom. The van der Waals surface area contributed by atoms with Gasteiger partial charge in [0.15, 0.2) is 0 Å². The summed E-state index contributed by atoms with van der Waals surface area (Å²) in [6.45, 7) is 1.10. The maximum Gasteiger partial charge on any atom is 0.147 e. The van der Waals surface area contributed by atoms with E-state index in [1.54, 1.807) is 0 Å². The molecule has 0 saturated carbocycles. The monoisotopic (exact) mass is 242 g/mol. The third-order valence-electron chi connectivity index (χ3n) is 2.06. The van der Waals surface area contributed by atoms with Gasteiger partial charge in [-0.2, -0.15) is 0 Å². The van der Waals surface area contributed by atoms with Crippen molar-refractivity contribution >= 4 is 15.9 Å². The lowest BCUT2D eigenvalue weighted by Gasteiger charge is -2.28. The van der Waals surface area contributed by atoms with Crippen LogP contribution in [-0.2, 0) is 9.47 Å². The summed E-state index contributed by atoms with van der Waals surface area (Å²) in [4.78, 5) is 0.253. The molecular formula is C10H11BrO2. The van der Waals surface area contributed by atoms with Crippen molar-refractivity contribution in [3.05, 3.63) is 35.9 Å². The van der Waals surface area contributed by atoms with E-state index in [9.17, 15) is 0 Å². The molecule has 1 heterocycles. The quantitative estimate of drug-likeness (QED) is 0.705. The van der Waals surface area contributed by atoms with E-state index in [1.807, 2.05) is 18.2 Å². The minimum atomic E-state index is 0.120. The van der Waals surface area contributed by atoms with Crippen LogP contribution >= 0.6 is 15.9 Å². The number of benzene rings is 1. The van der Waals surface area contributed by atoms with E-state index in [0.29, 0.717) is 13.4 Å². The maximum atomic E-state index is 5.51. The van der Waals surface area contributed by atoms with Gasteiger partial charge in [0.1, 0.15) is 12.9 Å². The molecule has 1 aliphatic rings. The van der Waals surface area contributed by atoms with Gasteiger partial charge in [-0.3, -0.25) is 0 Å². The second kappa shape index (κ2) is 4.22. The van der Waals surface area contributed by atoms with Crippen LogP contribution in [0.3, 0.4) is 0 Å². The van der Waals surface area contributed by atoms with Gasteiger partial charge in [0.25, 0.3) is 0 Å². The SMILES string of the molecule is Br[C@H]1COCO[C@@H]1c1ccccc1. The van der Waals surface area contributed by atoms with Crippen molar-refractivity contribution in [3.63, 3.8) is 0 Å². The highest BCUT2D eigenvalue weighted by molar-refractivity contribution is 9.09. The fourth-order valence-corrected chi connectivity index (χ4v) is 2.07. The number of ether oxygens (including phenoxy) is 2. The first-order valence-corrected chi connectivity index (χ1v) is 5.18. The number of hydrogen-bond acceptors (Lipinski definition) is 2. The molecule has 1 aliphatic heterocycles. The van der Waals surface area contributed by atoms with Gasteiger partial charge < -0.3 is 9.47 Å². The van der Waals surface area contributed by atoms with Gasteiger partial charge in [0, 0.05) is 0 Å². The highest BCUT2D eigenvalue weighted by atomic mass is 79.9. The molecule has 13 heavy (non-hydrogen) atoms. The zero-order valence-corrected chi connectivity index (χ0v) is 8.74. The Balaban J connectivity index is 2.15. The summed E-state index contributed by atoms with van der Waals surface area (Å²) < 4.78 is 10.7. The summed E-state index contributed by atoms with van der Waals surface area (Å²) in [5.41, 5.74) is 1.20. The second-order valence-electron chi connectivity index (χ2n) is 3.00. The number of halogens is 1. The minimum Gasteiger partial charge on any atom is -0.354 e. The van der Waals surface area contributed by atoms with Crippen molar-refractivity contribution in [1.82, 2.24) is 0 Å². The summed E-state index contributed by atoms with van der Waals surface area (Å²) >= 11 is 3.54. The normalized spacial score (nSPS) is 28.7. The summed E-state index contributed by atoms with van der Waals surface area (Å²) in [6.07, 6.45) is 0.120. The molecule has 2 nitrogen and oxygen atoms in total. The van der Waals surface area contributed by atoms with Gasteiger partial charge in [-0.05, 0) is 5.56 Å². The van der Waals surface area contributed by atoms with Crippen molar-refractivity contribution in [2.45, 2.75) is 10.9 Å². The first-order chi connectivity index (χ1) is 6.38. The molecule has 1 aromatic carbocycles. The van der Waals surface area contributed by atoms with Crippen molar-refractivity contribution < 1.29 is 9.47 Å². The van der Waals surface area contributed by atoms with Gasteiger partial charge in [0.05, 0.1) is 11.4 Å². The molecule has 3 heteroatoms. The fraction of sp³-hybridized carbons (Fsp3) is 0.400. The van der Waals surface area contributed by atoms with Crippen LogP contribution in [0, 0.1) is 0 Å². The first-order valence-electron chi connectivity index (χ1n) is 4.26. The average molecular weight is 243 g/mol. The number of rotatable bonds is 1. The van der Waals surface area contributed by atoms with Crippen LogP contribution in [0.2, 0.25) is 0 Å². The van der Waals surface area contributed by atoms with E-state index in [0.717, 1.165) is 0 Å². The molecule has 1 aromatic rings. The number of hydrogen-bond donors (Lipinski definition) is 0. The van der Waals surface area contributed by atoms with E-state index in [-0.39, 0.29) is 10.9 Å². The standard InChI is InChI=1S/C10H11BrO2/c11-9-6-12-7-13-10(9)8-4-2-1-3-5-8/h1-5,9-10H,6-7H2/t9-,10+/m0/s1. The second-order valence-corrected chi connectivity index (χ2v) is 4.18. The van der Waals surface area contributed by atoms with Crippen molar-refractivity contribution in [1.29, 1.82) is 0 Å². The third-order valence-corrected chi connectivity index (χ3v) is 2.81. The van der Waals surface area contributed by atoms with Gasteiger partial charge in [-0.25, -0.2) is 0 Å². The van der Waals surface area contributed by atoms with Crippen LogP contribution in [-0.4, -0.2) is 18.2 Å². The molecule has 0 N–H and O–H groups in total. The summed E-state index contributed by atoms with van der Waals surface area (Å²) in [7, 11) is 0. The Hall–Kier alpha value is -0.380. The molecule has 0 aliphatic carbocycles. The van der Waals surface area contributed by atoms with Crippen molar-refractivity contribution in [2.75, 3.05) is 13.4 Å². The van der Waals surface area contributed by atoms with Crippen LogP contribution in [0.5, 0.6) is 0 Å². The van der Waals surface area contributed by atoms with E-state index >= 15 is 0 Å². The summed E-state index contributed by atoms with van der Waals surface area (Å²) in [5, 5.41) is 0. The molecule has 1 saturated heterocycles. The molecule has 0 radical (unpaired) electrons. The van der Waals surface area contributed by atoms with Gasteiger partial charge >= 0.3 is 0 Å².